The minimum absolute atomic E-state index is 0.275. The third kappa shape index (κ3) is 4.04. The van der Waals surface area contributed by atoms with E-state index in [1.165, 1.54) is 11.3 Å². The molecule has 0 atom stereocenters. The minimum Gasteiger partial charge on any atom is -0.457 e. The topological polar surface area (TPSA) is 69.0 Å². The van der Waals surface area contributed by atoms with Crippen LogP contribution in [0.4, 0.5) is 5.13 Å². The number of amides is 1. The zero-order valence-electron chi connectivity index (χ0n) is 14.5. The lowest BCUT2D eigenvalue weighted by molar-refractivity contribution is 0.102. The molecule has 4 rings (SSSR count). The van der Waals surface area contributed by atoms with E-state index in [-0.39, 0.29) is 5.91 Å². The number of hydrogen-bond donors (Lipinski definition) is 1. The van der Waals surface area contributed by atoms with E-state index in [0.29, 0.717) is 10.8 Å². The van der Waals surface area contributed by atoms with Gasteiger partial charge in [-0.15, -0.1) is 11.3 Å². The maximum Gasteiger partial charge on any atom is 0.277 e. The summed E-state index contributed by atoms with van der Waals surface area (Å²) in [7, 11) is 1.77. The van der Waals surface area contributed by atoms with Crippen LogP contribution in [0.1, 0.15) is 10.5 Å². The predicted molar refractivity (Wildman–Crippen MR) is 105 cm³/mol. The van der Waals surface area contributed by atoms with Crippen LogP contribution >= 0.6 is 11.3 Å². The molecule has 6 nitrogen and oxygen atoms in total. The molecule has 7 heteroatoms. The largest absolute Gasteiger partial charge is 0.457 e. The molecule has 4 aromatic rings. The van der Waals surface area contributed by atoms with E-state index in [1.807, 2.05) is 60.0 Å². The Kier molecular flexibility index (Phi) is 4.67. The first kappa shape index (κ1) is 17.0. The second-order valence-corrected chi connectivity index (χ2v) is 6.66. The first-order valence-electron chi connectivity index (χ1n) is 8.27. The van der Waals surface area contributed by atoms with Crippen molar-refractivity contribution in [3.63, 3.8) is 0 Å². The van der Waals surface area contributed by atoms with Gasteiger partial charge in [-0.25, -0.2) is 4.98 Å². The summed E-state index contributed by atoms with van der Waals surface area (Å²) < 4.78 is 7.38. The van der Waals surface area contributed by atoms with Gasteiger partial charge in [0.15, 0.2) is 10.8 Å². The van der Waals surface area contributed by atoms with E-state index in [0.717, 1.165) is 22.8 Å². The lowest BCUT2D eigenvalue weighted by atomic mass is 10.2. The highest BCUT2D eigenvalue weighted by molar-refractivity contribution is 7.14. The van der Waals surface area contributed by atoms with Gasteiger partial charge < -0.3 is 4.74 Å². The van der Waals surface area contributed by atoms with Gasteiger partial charge in [-0.1, -0.05) is 18.2 Å². The van der Waals surface area contributed by atoms with Gasteiger partial charge in [-0.05, 0) is 42.5 Å². The molecule has 0 unspecified atom stereocenters. The summed E-state index contributed by atoms with van der Waals surface area (Å²) >= 11 is 1.37. The number of anilines is 1. The fourth-order valence-corrected chi connectivity index (χ4v) is 3.19. The summed E-state index contributed by atoms with van der Waals surface area (Å²) in [6.45, 7) is 0. The van der Waals surface area contributed by atoms with Gasteiger partial charge in [0.1, 0.15) is 11.5 Å². The number of aryl methyl sites for hydroxylation is 1. The Labute approximate surface area is 160 Å². The fraction of sp³-hybridized carbons (Fsp3) is 0.0500. The molecule has 1 N–H and O–H groups in total. The fourth-order valence-electron chi connectivity index (χ4n) is 2.48. The third-order valence-corrected chi connectivity index (χ3v) is 4.56. The van der Waals surface area contributed by atoms with Crippen LogP contribution in [0.2, 0.25) is 0 Å². The number of aromatic nitrogens is 3. The SMILES string of the molecule is Cn1ccc(C(=O)Nc2nc(-c3ccc(Oc4ccccc4)cc3)cs2)n1. The standard InChI is InChI=1S/C20H16N4O2S/c1-24-12-11-17(23-24)19(25)22-20-21-18(13-27-20)14-7-9-16(10-8-14)26-15-5-3-2-4-6-15/h2-13H,1H3,(H,21,22,25). The first-order chi connectivity index (χ1) is 13.2. The zero-order valence-corrected chi connectivity index (χ0v) is 15.3. The van der Waals surface area contributed by atoms with E-state index in [1.54, 1.807) is 24.0 Å². The molecule has 2 heterocycles. The van der Waals surface area contributed by atoms with Crippen molar-refractivity contribution in [3.8, 4) is 22.8 Å². The summed E-state index contributed by atoms with van der Waals surface area (Å²) in [5, 5.41) is 9.29. The van der Waals surface area contributed by atoms with Crippen molar-refractivity contribution in [2.75, 3.05) is 5.32 Å². The molecular formula is C20H16N4O2S. The van der Waals surface area contributed by atoms with Gasteiger partial charge >= 0.3 is 0 Å². The molecule has 0 aliphatic carbocycles. The number of nitrogens with one attached hydrogen (secondary N) is 1. The van der Waals surface area contributed by atoms with Gasteiger partial charge in [-0.3, -0.25) is 14.8 Å². The second-order valence-electron chi connectivity index (χ2n) is 5.81. The molecule has 0 spiro atoms. The van der Waals surface area contributed by atoms with Crippen LogP contribution in [-0.2, 0) is 7.05 Å². The Morgan fingerprint density at radius 2 is 1.78 bits per heavy atom. The number of carbonyl (C=O) groups is 1. The molecule has 0 aliphatic heterocycles. The van der Waals surface area contributed by atoms with E-state index in [4.69, 9.17) is 4.74 Å². The average molecular weight is 376 g/mol. The van der Waals surface area contributed by atoms with Crippen LogP contribution in [0, 0.1) is 0 Å². The third-order valence-electron chi connectivity index (χ3n) is 3.80. The van der Waals surface area contributed by atoms with Crippen molar-refractivity contribution in [3.05, 3.63) is 77.9 Å². The van der Waals surface area contributed by atoms with Crippen molar-refractivity contribution in [1.29, 1.82) is 0 Å². The molecule has 0 saturated carbocycles. The van der Waals surface area contributed by atoms with Gasteiger partial charge in [0.2, 0.25) is 0 Å². The summed E-state index contributed by atoms with van der Waals surface area (Å²) in [4.78, 5) is 16.6. The minimum atomic E-state index is -0.275. The van der Waals surface area contributed by atoms with Crippen molar-refractivity contribution in [1.82, 2.24) is 14.8 Å². The molecule has 0 bridgehead atoms. The van der Waals surface area contributed by atoms with Crippen molar-refractivity contribution >= 4 is 22.4 Å². The first-order valence-corrected chi connectivity index (χ1v) is 9.15. The number of nitrogens with zero attached hydrogens (tertiary/aromatic N) is 3. The van der Waals surface area contributed by atoms with Gasteiger partial charge in [-0.2, -0.15) is 5.10 Å². The predicted octanol–water partition coefficient (Wildman–Crippen LogP) is 4.59. The van der Waals surface area contributed by atoms with Crippen LogP contribution in [0.3, 0.4) is 0 Å². The van der Waals surface area contributed by atoms with Crippen LogP contribution in [0.25, 0.3) is 11.3 Å². The molecule has 27 heavy (non-hydrogen) atoms. The molecule has 2 aromatic heterocycles. The maximum absolute atomic E-state index is 12.2. The van der Waals surface area contributed by atoms with E-state index >= 15 is 0 Å². The Bertz CT molecular complexity index is 1060. The normalized spacial score (nSPS) is 10.6. The van der Waals surface area contributed by atoms with E-state index in [9.17, 15) is 4.79 Å². The molecule has 0 fully saturated rings. The second kappa shape index (κ2) is 7.43. The molecule has 1 amide bonds. The van der Waals surface area contributed by atoms with Gasteiger partial charge in [0.25, 0.3) is 5.91 Å². The number of rotatable bonds is 5. The number of carbonyl (C=O) groups excluding carboxylic acids is 1. The Morgan fingerprint density at radius 1 is 1.04 bits per heavy atom. The van der Waals surface area contributed by atoms with Crippen molar-refractivity contribution in [2.24, 2.45) is 7.05 Å². The smallest absolute Gasteiger partial charge is 0.277 e. The highest BCUT2D eigenvalue weighted by Crippen LogP contribution is 2.28. The van der Waals surface area contributed by atoms with Crippen LogP contribution in [-0.4, -0.2) is 20.7 Å². The Hall–Kier alpha value is -3.45. The van der Waals surface area contributed by atoms with E-state index in [2.05, 4.69) is 15.4 Å². The summed E-state index contributed by atoms with van der Waals surface area (Å²) in [6.07, 6.45) is 1.72. The summed E-state index contributed by atoms with van der Waals surface area (Å²) in [6, 6.07) is 19.0. The molecule has 0 aliphatic rings. The highest BCUT2D eigenvalue weighted by Gasteiger charge is 2.12. The van der Waals surface area contributed by atoms with Gasteiger partial charge in [0, 0.05) is 24.2 Å². The van der Waals surface area contributed by atoms with Crippen LogP contribution in [0.5, 0.6) is 11.5 Å². The zero-order chi connectivity index (χ0) is 18.6. The lowest BCUT2D eigenvalue weighted by Crippen LogP contribution is -2.12. The molecule has 2 aromatic carbocycles. The van der Waals surface area contributed by atoms with E-state index < -0.39 is 0 Å². The number of ether oxygens (including phenoxy) is 1. The van der Waals surface area contributed by atoms with Crippen molar-refractivity contribution in [2.45, 2.75) is 0 Å². The van der Waals surface area contributed by atoms with Crippen molar-refractivity contribution < 1.29 is 9.53 Å². The molecular weight excluding hydrogens is 360 g/mol. The average Bonchev–Trinajstić information content (AvgIpc) is 3.32. The molecule has 134 valence electrons. The summed E-state index contributed by atoms with van der Waals surface area (Å²) in [5.41, 5.74) is 2.10. The number of hydrogen-bond acceptors (Lipinski definition) is 5. The van der Waals surface area contributed by atoms with Gasteiger partial charge in [0.05, 0.1) is 5.69 Å². The molecule has 0 radical (unpaired) electrons. The quantitative estimate of drug-likeness (QED) is 0.553. The highest BCUT2D eigenvalue weighted by atomic mass is 32.1. The van der Waals surface area contributed by atoms with Crippen LogP contribution < -0.4 is 10.1 Å². The number of thiazole rings is 1. The Balaban J connectivity index is 1.44. The monoisotopic (exact) mass is 376 g/mol. The number of benzene rings is 2. The summed E-state index contributed by atoms with van der Waals surface area (Å²) in [5.74, 6) is 1.27. The maximum atomic E-state index is 12.2. The molecule has 0 saturated heterocycles. The Morgan fingerprint density at radius 3 is 2.48 bits per heavy atom. The van der Waals surface area contributed by atoms with Crippen LogP contribution in [0.15, 0.2) is 72.2 Å². The number of para-hydroxylation sites is 1. The lowest BCUT2D eigenvalue weighted by Gasteiger charge is -2.05.